The molecule has 0 unspecified atom stereocenters. The van der Waals surface area contributed by atoms with E-state index in [9.17, 15) is 5.26 Å². The number of benzene rings is 3. The van der Waals surface area contributed by atoms with E-state index in [4.69, 9.17) is 0 Å². The van der Waals surface area contributed by atoms with Crippen LogP contribution in [0.25, 0.3) is 24.3 Å². The van der Waals surface area contributed by atoms with Crippen molar-refractivity contribution in [3.8, 4) is 6.07 Å². The monoisotopic (exact) mass is 437 g/mol. The third kappa shape index (κ3) is 6.31. The Labute approximate surface area is 180 Å². The Morgan fingerprint density at radius 1 is 0.621 bits per heavy atom. The highest BCUT2D eigenvalue weighted by molar-refractivity contribution is 9.10. The Hall–Kier alpha value is -3.41. The summed E-state index contributed by atoms with van der Waals surface area (Å²) in [6.07, 6.45) is 16.2. The van der Waals surface area contributed by atoms with Gasteiger partial charge in [0, 0.05) is 4.47 Å². The molecule has 0 N–H and O–H groups in total. The molecule has 3 aromatic carbocycles. The van der Waals surface area contributed by atoms with Crippen LogP contribution in [0.1, 0.15) is 27.8 Å². The van der Waals surface area contributed by atoms with Crippen LogP contribution in [-0.2, 0) is 0 Å². The molecule has 0 bridgehead atoms. The highest BCUT2D eigenvalue weighted by Crippen LogP contribution is 2.24. The number of halogens is 1. The van der Waals surface area contributed by atoms with Crippen molar-refractivity contribution in [2.45, 2.75) is 0 Å². The first-order valence-electron chi connectivity index (χ1n) is 9.29. The molecule has 0 aliphatic rings. The van der Waals surface area contributed by atoms with Gasteiger partial charge in [0.1, 0.15) is 6.07 Å². The number of allylic oxidation sites excluding steroid dienone is 4. The van der Waals surface area contributed by atoms with Crippen LogP contribution in [0, 0.1) is 11.3 Å². The molecule has 3 rings (SSSR count). The van der Waals surface area contributed by atoms with Crippen LogP contribution in [-0.4, -0.2) is 0 Å². The highest BCUT2D eigenvalue weighted by atomic mass is 79.9. The first-order valence-corrected chi connectivity index (χ1v) is 10.1. The molecule has 0 amide bonds. The SMILES string of the molecule is N#Cc1cc(C=CC=Cc2ccccc2)c(C=CC=Cc2ccccc2)cc1Br. The molecule has 0 spiro atoms. The van der Waals surface area contributed by atoms with Crippen LogP contribution in [0.2, 0.25) is 0 Å². The molecule has 1 nitrogen and oxygen atoms in total. The summed E-state index contributed by atoms with van der Waals surface area (Å²) in [6.45, 7) is 0. The quantitative estimate of drug-likeness (QED) is 0.361. The van der Waals surface area contributed by atoms with E-state index < -0.39 is 0 Å². The third-order valence-electron chi connectivity index (χ3n) is 4.24. The topological polar surface area (TPSA) is 23.8 Å². The summed E-state index contributed by atoms with van der Waals surface area (Å²) < 4.78 is 0.795. The fourth-order valence-corrected chi connectivity index (χ4v) is 3.21. The minimum Gasteiger partial charge on any atom is -0.192 e. The number of nitriles is 1. The largest absolute Gasteiger partial charge is 0.192 e. The molecule has 0 radical (unpaired) electrons. The summed E-state index contributed by atoms with van der Waals surface area (Å²) in [4.78, 5) is 0. The summed E-state index contributed by atoms with van der Waals surface area (Å²) >= 11 is 3.49. The van der Waals surface area contributed by atoms with E-state index in [1.807, 2.05) is 85.0 Å². The summed E-state index contributed by atoms with van der Waals surface area (Å²) in [5.41, 5.74) is 4.96. The smallest absolute Gasteiger partial charge is 0.100 e. The number of nitrogens with zero attached hydrogens (tertiary/aromatic N) is 1. The van der Waals surface area contributed by atoms with Crippen molar-refractivity contribution in [3.05, 3.63) is 129 Å². The Kier molecular flexibility index (Phi) is 7.57. The van der Waals surface area contributed by atoms with Crippen LogP contribution >= 0.6 is 15.9 Å². The van der Waals surface area contributed by atoms with Crippen LogP contribution in [0.5, 0.6) is 0 Å². The fraction of sp³-hybridized carbons (Fsp3) is 0. The second kappa shape index (κ2) is 10.8. The highest BCUT2D eigenvalue weighted by Gasteiger charge is 2.04. The lowest BCUT2D eigenvalue weighted by Gasteiger charge is -2.04. The van der Waals surface area contributed by atoms with E-state index in [-0.39, 0.29) is 0 Å². The lowest BCUT2D eigenvalue weighted by atomic mass is 10.0. The van der Waals surface area contributed by atoms with Gasteiger partial charge in [0.25, 0.3) is 0 Å². The average molecular weight is 438 g/mol. The van der Waals surface area contributed by atoms with Gasteiger partial charge in [0.05, 0.1) is 5.56 Å². The van der Waals surface area contributed by atoms with Crippen molar-refractivity contribution in [1.82, 2.24) is 0 Å². The number of hydrogen-bond acceptors (Lipinski definition) is 1. The molecule has 0 aliphatic heterocycles. The lowest BCUT2D eigenvalue weighted by molar-refractivity contribution is 1.45. The third-order valence-corrected chi connectivity index (χ3v) is 4.90. The first kappa shape index (κ1) is 20.3. The van der Waals surface area contributed by atoms with Gasteiger partial charge in [-0.25, -0.2) is 0 Å². The zero-order chi connectivity index (χ0) is 20.3. The molecule has 0 fully saturated rings. The van der Waals surface area contributed by atoms with Gasteiger partial charge >= 0.3 is 0 Å². The standard InChI is InChI=1S/C27H20BrN/c28-27-20-25(18-10-8-16-23-13-5-2-6-14-23)24(19-26(27)21-29)17-9-7-15-22-11-3-1-4-12-22/h1-20H. The normalized spacial score (nSPS) is 11.7. The minimum absolute atomic E-state index is 0.619. The van der Waals surface area contributed by atoms with Crippen LogP contribution in [0.3, 0.4) is 0 Å². The molecule has 0 saturated heterocycles. The lowest BCUT2D eigenvalue weighted by Crippen LogP contribution is -1.86. The van der Waals surface area contributed by atoms with Gasteiger partial charge in [-0.05, 0) is 50.3 Å². The van der Waals surface area contributed by atoms with E-state index in [0.29, 0.717) is 5.56 Å². The van der Waals surface area contributed by atoms with Crippen LogP contribution in [0.4, 0.5) is 0 Å². The van der Waals surface area contributed by atoms with Gasteiger partial charge in [-0.1, -0.05) is 109 Å². The van der Waals surface area contributed by atoms with E-state index in [0.717, 1.165) is 26.7 Å². The molecule has 29 heavy (non-hydrogen) atoms. The minimum atomic E-state index is 0.619. The zero-order valence-corrected chi connectivity index (χ0v) is 17.5. The van der Waals surface area contributed by atoms with Gasteiger partial charge in [0.15, 0.2) is 0 Å². The Bertz CT molecular complexity index is 1100. The maximum atomic E-state index is 9.35. The Morgan fingerprint density at radius 2 is 1.07 bits per heavy atom. The molecule has 0 heterocycles. The molecular weight excluding hydrogens is 418 g/mol. The predicted molar refractivity (Wildman–Crippen MR) is 128 cm³/mol. The van der Waals surface area contributed by atoms with Gasteiger partial charge in [0.2, 0.25) is 0 Å². The van der Waals surface area contributed by atoms with Crippen LogP contribution < -0.4 is 0 Å². The van der Waals surface area contributed by atoms with Crippen molar-refractivity contribution >= 4 is 40.2 Å². The second-order valence-corrected chi connectivity index (χ2v) is 7.18. The van der Waals surface area contributed by atoms with Crippen molar-refractivity contribution in [3.63, 3.8) is 0 Å². The van der Waals surface area contributed by atoms with E-state index in [2.05, 4.69) is 58.4 Å². The van der Waals surface area contributed by atoms with Crippen LogP contribution in [0.15, 0.2) is 102 Å². The summed E-state index contributed by atoms with van der Waals surface area (Å²) in [6, 6.07) is 26.4. The fourth-order valence-electron chi connectivity index (χ4n) is 2.76. The van der Waals surface area contributed by atoms with Crippen molar-refractivity contribution in [1.29, 1.82) is 5.26 Å². The molecule has 0 aromatic heterocycles. The molecule has 0 saturated carbocycles. The van der Waals surface area contributed by atoms with Gasteiger partial charge in [-0.2, -0.15) is 5.26 Å². The Morgan fingerprint density at radius 3 is 1.55 bits per heavy atom. The van der Waals surface area contributed by atoms with Gasteiger partial charge in [-0.15, -0.1) is 0 Å². The second-order valence-electron chi connectivity index (χ2n) is 6.33. The molecule has 0 aliphatic carbocycles. The maximum Gasteiger partial charge on any atom is 0.100 e. The van der Waals surface area contributed by atoms with E-state index in [1.54, 1.807) is 0 Å². The van der Waals surface area contributed by atoms with Crippen molar-refractivity contribution in [2.24, 2.45) is 0 Å². The molecular formula is C27H20BrN. The summed E-state index contributed by atoms with van der Waals surface area (Å²) in [5.74, 6) is 0. The molecule has 140 valence electrons. The van der Waals surface area contributed by atoms with E-state index in [1.165, 1.54) is 0 Å². The van der Waals surface area contributed by atoms with Crippen molar-refractivity contribution < 1.29 is 0 Å². The summed E-state index contributed by atoms with van der Waals surface area (Å²) in [5, 5.41) is 9.35. The predicted octanol–water partition coefficient (Wildman–Crippen LogP) is 7.77. The average Bonchev–Trinajstić information content (AvgIpc) is 2.76. The first-order chi connectivity index (χ1) is 14.3. The van der Waals surface area contributed by atoms with Gasteiger partial charge < -0.3 is 0 Å². The zero-order valence-electron chi connectivity index (χ0n) is 15.9. The van der Waals surface area contributed by atoms with E-state index >= 15 is 0 Å². The maximum absolute atomic E-state index is 9.35. The Balaban J connectivity index is 1.80. The molecule has 2 heteroatoms. The molecule has 0 atom stereocenters. The molecule has 3 aromatic rings. The number of rotatable bonds is 6. The van der Waals surface area contributed by atoms with Gasteiger partial charge in [-0.3, -0.25) is 0 Å². The summed E-state index contributed by atoms with van der Waals surface area (Å²) in [7, 11) is 0. The van der Waals surface area contributed by atoms with Crippen molar-refractivity contribution in [2.75, 3.05) is 0 Å². The number of hydrogen-bond donors (Lipinski definition) is 0.